The summed E-state index contributed by atoms with van der Waals surface area (Å²) in [7, 11) is 2.08. The van der Waals surface area contributed by atoms with Crippen molar-refractivity contribution in [3.8, 4) is 0 Å². The highest BCUT2D eigenvalue weighted by Crippen LogP contribution is 2.41. The number of esters is 2. The Labute approximate surface area is 310 Å². The van der Waals surface area contributed by atoms with Gasteiger partial charge in [-0.15, -0.1) is 0 Å². The normalized spacial score (nSPS) is 22.6. The van der Waals surface area contributed by atoms with Gasteiger partial charge in [0.25, 0.3) is 0 Å². The topological polar surface area (TPSA) is 55.8 Å². The minimum Gasteiger partial charge on any atom is -0.465 e. The first-order chi connectivity index (χ1) is 24.3. The number of nitrogens with zero attached hydrogens (tertiary/aromatic N) is 1. The molecule has 2 aliphatic rings. The highest BCUT2D eigenvalue weighted by atomic mass is 16.5. The molecule has 0 N–H and O–H groups in total. The maximum absolute atomic E-state index is 13.3. The molecule has 292 valence electrons. The molecule has 0 radical (unpaired) electrons. The zero-order valence-electron chi connectivity index (χ0n) is 34.0. The van der Waals surface area contributed by atoms with Crippen molar-refractivity contribution in [1.82, 2.24) is 4.90 Å². The molecular formula is C45H83NO4. The minimum absolute atomic E-state index is 0.0491. The van der Waals surface area contributed by atoms with Gasteiger partial charge in [0, 0.05) is 18.9 Å². The van der Waals surface area contributed by atoms with Crippen molar-refractivity contribution in [3.63, 3.8) is 0 Å². The fraction of sp³-hybridized carbons (Fsp3) is 0.911. The molecule has 2 fully saturated rings. The van der Waals surface area contributed by atoms with Crippen molar-refractivity contribution < 1.29 is 19.1 Å². The van der Waals surface area contributed by atoms with Gasteiger partial charge in [-0.1, -0.05) is 161 Å². The summed E-state index contributed by atoms with van der Waals surface area (Å²) in [5.74, 6) is 0.774. The van der Waals surface area contributed by atoms with Gasteiger partial charge in [0.2, 0.25) is 0 Å². The number of carbonyl (C=O) groups is 2. The number of ether oxygens (including phenoxy) is 2. The minimum atomic E-state index is -0.424. The van der Waals surface area contributed by atoms with Crippen LogP contribution >= 0.6 is 0 Å². The maximum Gasteiger partial charge on any atom is 0.313 e. The molecule has 5 heteroatoms. The van der Waals surface area contributed by atoms with E-state index >= 15 is 0 Å². The van der Waals surface area contributed by atoms with Gasteiger partial charge in [-0.05, 0) is 77.3 Å². The predicted molar refractivity (Wildman–Crippen MR) is 212 cm³/mol. The van der Waals surface area contributed by atoms with E-state index < -0.39 is 5.41 Å². The average Bonchev–Trinajstić information content (AvgIpc) is 3.66. The second-order valence-electron chi connectivity index (χ2n) is 16.8. The molecule has 0 aromatic heterocycles. The van der Waals surface area contributed by atoms with E-state index in [1.165, 1.54) is 141 Å². The highest BCUT2D eigenvalue weighted by Gasteiger charge is 2.45. The van der Waals surface area contributed by atoms with Crippen LogP contribution in [-0.2, 0) is 19.1 Å². The third-order valence-electron chi connectivity index (χ3n) is 12.0. The van der Waals surface area contributed by atoms with E-state index in [0.29, 0.717) is 18.9 Å². The summed E-state index contributed by atoms with van der Waals surface area (Å²) in [4.78, 5) is 28.9. The number of rotatable bonds is 31. The zero-order chi connectivity index (χ0) is 36.3. The summed E-state index contributed by atoms with van der Waals surface area (Å²) in [5.41, 5.74) is -0.424. The first kappa shape index (κ1) is 44.8. The molecule has 0 amide bonds. The molecule has 2 rings (SSSR count). The molecule has 0 aromatic rings. The fourth-order valence-electron chi connectivity index (χ4n) is 8.55. The summed E-state index contributed by atoms with van der Waals surface area (Å²) >= 11 is 0. The molecule has 1 aliphatic carbocycles. The Bertz CT molecular complexity index is 864. The summed E-state index contributed by atoms with van der Waals surface area (Å²) in [6.07, 6.45) is 38.8. The van der Waals surface area contributed by atoms with E-state index in [2.05, 4.69) is 51.8 Å². The standard InChI is InChI=1S/C45H83NO4/c1-6-9-12-14-16-18-20-22-24-27-29-39(30-28-25-23-21-19-17-15-13-10-7-2)37-49-43(47)36-40-32-33-42(41(40)31-26-11-8-3)50-44(48)45(4)34-35-46(5)38-45/h11,26,39-42H,6-10,12-25,27-38H2,1-5H3/b26-11-. The third-order valence-corrected chi connectivity index (χ3v) is 12.0. The van der Waals surface area contributed by atoms with Crippen molar-refractivity contribution in [2.45, 2.75) is 214 Å². The first-order valence-electron chi connectivity index (χ1n) is 22.0. The molecular weight excluding hydrogens is 618 g/mol. The van der Waals surface area contributed by atoms with Crippen LogP contribution in [0.4, 0.5) is 0 Å². The van der Waals surface area contributed by atoms with Crippen LogP contribution in [0.2, 0.25) is 0 Å². The number of likely N-dealkylation sites (tertiary alicyclic amines) is 1. The fourth-order valence-corrected chi connectivity index (χ4v) is 8.55. The van der Waals surface area contributed by atoms with Crippen molar-refractivity contribution in [3.05, 3.63) is 12.2 Å². The van der Waals surface area contributed by atoms with Crippen LogP contribution in [0.3, 0.4) is 0 Å². The van der Waals surface area contributed by atoms with E-state index in [9.17, 15) is 9.59 Å². The average molecular weight is 702 g/mol. The van der Waals surface area contributed by atoms with Crippen LogP contribution in [0, 0.1) is 23.2 Å². The monoisotopic (exact) mass is 702 g/mol. The third kappa shape index (κ3) is 19.5. The lowest BCUT2D eigenvalue weighted by Crippen LogP contribution is -2.36. The van der Waals surface area contributed by atoms with Crippen LogP contribution < -0.4 is 0 Å². The molecule has 0 bridgehead atoms. The van der Waals surface area contributed by atoms with Gasteiger partial charge in [0.1, 0.15) is 6.10 Å². The molecule has 1 saturated heterocycles. The number of hydrogen-bond acceptors (Lipinski definition) is 5. The quantitative estimate of drug-likeness (QED) is 0.0409. The second-order valence-corrected chi connectivity index (χ2v) is 16.8. The first-order valence-corrected chi connectivity index (χ1v) is 22.0. The summed E-state index contributed by atoms with van der Waals surface area (Å²) in [6, 6.07) is 0. The lowest BCUT2D eigenvalue weighted by molar-refractivity contribution is -0.162. The molecule has 0 aromatic carbocycles. The molecule has 4 unspecified atom stereocenters. The molecule has 1 aliphatic heterocycles. The van der Waals surface area contributed by atoms with Crippen molar-refractivity contribution >= 4 is 11.9 Å². The van der Waals surface area contributed by atoms with E-state index in [4.69, 9.17) is 9.47 Å². The molecule has 0 spiro atoms. The molecule has 50 heavy (non-hydrogen) atoms. The van der Waals surface area contributed by atoms with Gasteiger partial charge >= 0.3 is 11.9 Å². The molecule has 1 saturated carbocycles. The number of unbranched alkanes of at least 4 members (excludes halogenated alkanes) is 18. The van der Waals surface area contributed by atoms with Gasteiger partial charge in [-0.3, -0.25) is 9.59 Å². The van der Waals surface area contributed by atoms with Gasteiger partial charge in [-0.25, -0.2) is 0 Å². The zero-order valence-corrected chi connectivity index (χ0v) is 34.0. The molecule has 1 heterocycles. The lowest BCUT2D eigenvalue weighted by atomic mass is 9.87. The number of allylic oxidation sites excluding steroid dienone is 2. The smallest absolute Gasteiger partial charge is 0.313 e. The van der Waals surface area contributed by atoms with Crippen LogP contribution in [0.25, 0.3) is 0 Å². The van der Waals surface area contributed by atoms with Crippen molar-refractivity contribution in [2.75, 3.05) is 26.7 Å². The molecule has 4 atom stereocenters. The van der Waals surface area contributed by atoms with E-state index in [-0.39, 0.29) is 29.9 Å². The summed E-state index contributed by atoms with van der Waals surface area (Å²) in [6.45, 7) is 11.0. The van der Waals surface area contributed by atoms with Crippen molar-refractivity contribution in [2.24, 2.45) is 23.2 Å². The van der Waals surface area contributed by atoms with Gasteiger partial charge in [-0.2, -0.15) is 0 Å². The van der Waals surface area contributed by atoms with Crippen LogP contribution in [-0.4, -0.2) is 49.7 Å². The van der Waals surface area contributed by atoms with Crippen LogP contribution in [0.1, 0.15) is 207 Å². The lowest BCUT2D eigenvalue weighted by Gasteiger charge is -2.28. The SMILES string of the molecule is CC/C=C\CC1C(CC(=O)OCC(CCCCCCCCCCCC)CCCCCCCCCCCC)CCC1OC(=O)C1(C)CCN(C)C1. The van der Waals surface area contributed by atoms with Gasteiger partial charge < -0.3 is 14.4 Å². The van der Waals surface area contributed by atoms with E-state index in [1.54, 1.807) is 0 Å². The Kier molecular flexibility index (Phi) is 25.3. The van der Waals surface area contributed by atoms with Crippen molar-refractivity contribution in [1.29, 1.82) is 0 Å². The Balaban J connectivity index is 1.82. The summed E-state index contributed by atoms with van der Waals surface area (Å²) in [5, 5.41) is 0. The van der Waals surface area contributed by atoms with E-state index in [1.807, 2.05) is 0 Å². The van der Waals surface area contributed by atoms with Crippen LogP contribution in [0.15, 0.2) is 12.2 Å². The second kappa shape index (κ2) is 28.2. The number of carbonyl (C=O) groups excluding carboxylic acids is 2. The maximum atomic E-state index is 13.3. The van der Waals surface area contributed by atoms with Gasteiger partial charge in [0.05, 0.1) is 12.0 Å². The Morgan fingerprint density at radius 1 is 0.740 bits per heavy atom. The predicted octanol–water partition coefficient (Wildman–Crippen LogP) is 12.8. The highest BCUT2D eigenvalue weighted by molar-refractivity contribution is 5.77. The van der Waals surface area contributed by atoms with Gasteiger partial charge in [0.15, 0.2) is 0 Å². The Morgan fingerprint density at radius 2 is 1.26 bits per heavy atom. The largest absolute Gasteiger partial charge is 0.465 e. The Hall–Kier alpha value is -1.36. The molecule has 5 nitrogen and oxygen atoms in total. The summed E-state index contributed by atoms with van der Waals surface area (Å²) < 4.78 is 12.3. The van der Waals surface area contributed by atoms with Crippen LogP contribution in [0.5, 0.6) is 0 Å². The number of hydrogen-bond donors (Lipinski definition) is 0. The Morgan fingerprint density at radius 3 is 1.74 bits per heavy atom. The van der Waals surface area contributed by atoms with E-state index in [0.717, 1.165) is 45.2 Å².